The number of halogens is 2. The lowest BCUT2D eigenvalue weighted by atomic mass is 10.2. The largest absolute Gasteiger partial charge is 0.493 e. The van der Waals surface area contributed by atoms with Gasteiger partial charge in [-0.2, -0.15) is 5.10 Å². The summed E-state index contributed by atoms with van der Waals surface area (Å²) < 4.78 is 11.4. The van der Waals surface area contributed by atoms with E-state index >= 15 is 0 Å². The summed E-state index contributed by atoms with van der Waals surface area (Å²) in [6, 6.07) is 17.0. The number of benzene rings is 3. The molecule has 8 heteroatoms. The SMILES string of the molecule is COc1cccc(/C=N/Nc2ccc(C(=O)O)cc2)c1OCc1ccc(Cl)c(Cl)c1. The van der Waals surface area contributed by atoms with E-state index in [9.17, 15) is 4.79 Å². The number of ether oxygens (including phenoxy) is 2. The molecule has 0 aliphatic rings. The van der Waals surface area contributed by atoms with Crippen LogP contribution in [0.25, 0.3) is 0 Å². The minimum atomic E-state index is -0.981. The molecule has 154 valence electrons. The van der Waals surface area contributed by atoms with E-state index in [4.69, 9.17) is 37.8 Å². The van der Waals surface area contributed by atoms with E-state index in [2.05, 4.69) is 10.5 Å². The van der Waals surface area contributed by atoms with Gasteiger partial charge in [-0.1, -0.05) is 35.3 Å². The molecule has 0 radical (unpaired) electrons. The maximum atomic E-state index is 10.9. The van der Waals surface area contributed by atoms with Gasteiger partial charge in [-0.05, 0) is 54.1 Å². The number of hydrogen-bond donors (Lipinski definition) is 2. The monoisotopic (exact) mass is 444 g/mol. The van der Waals surface area contributed by atoms with Crippen molar-refractivity contribution >= 4 is 41.1 Å². The van der Waals surface area contributed by atoms with Crippen molar-refractivity contribution in [3.05, 3.63) is 87.4 Å². The Balaban J connectivity index is 1.74. The Hall–Kier alpha value is -3.22. The van der Waals surface area contributed by atoms with Gasteiger partial charge >= 0.3 is 5.97 Å². The van der Waals surface area contributed by atoms with Gasteiger partial charge in [-0.3, -0.25) is 5.43 Å². The number of rotatable bonds is 8. The minimum Gasteiger partial charge on any atom is -0.493 e. The van der Waals surface area contributed by atoms with Gasteiger partial charge in [0.1, 0.15) is 6.61 Å². The number of carboxylic acid groups (broad SMARTS) is 1. The van der Waals surface area contributed by atoms with Gasteiger partial charge in [-0.25, -0.2) is 4.79 Å². The Morgan fingerprint density at radius 3 is 2.53 bits per heavy atom. The fraction of sp³-hybridized carbons (Fsp3) is 0.0909. The molecule has 0 heterocycles. The van der Waals surface area contributed by atoms with Crippen molar-refractivity contribution in [2.45, 2.75) is 6.61 Å². The van der Waals surface area contributed by atoms with E-state index in [1.807, 2.05) is 18.2 Å². The number of methoxy groups -OCH3 is 1. The number of anilines is 1. The first kappa shape index (κ1) is 21.5. The zero-order valence-corrected chi connectivity index (χ0v) is 17.4. The molecule has 0 aliphatic heterocycles. The van der Waals surface area contributed by atoms with Gasteiger partial charge in [0.15, 0.2) is 11.5 Å². The van der Waals surface area contributed by atoms with Gasteiger partial charge in [-0.15, -0.1) is 0 Å². The first-order valence-electron chi connectivity index (χ1n) is 8.84. The molecule has 0 fully saturated rings. The molecular formula is C22H18Cl2N2O4. The Kier molecular flexibility index (Phi) is 7.17. The summed E-state index contributed by atoms with van der Waals surface area (Å²) in [5.41, 5.74) is 5.27. The number of carbonyl (C=O) groups is 1. The molecule has 0 unspecified atom stereocenters. The lowest BCUT2D eigenvalue weighted by Gasteiger charge is -2.13. The van der Waals surface area contributed by atoms with Crippen LogP contribution in [0.1, 0.15) is 21.5 Å². The van der Waals surface area contributed by atoms with E-state index in [1.54, 1.807) is 43.7 Å². The zero-order chi connectivity index (χ0) is 21.5. The number of hydrogen-bond acceptors (Lipinski definition) is 5. The molecule has 0 aliphatic carbocycles. The molecule has 0 aromatic heterocycles. The summed E-state index contributed by atoms with van der Waals surface area (Å²) in [5.74, 6) is 0.105. The highest BCUT2D eigenvalue weighted by atomic mass is 35.5. The van der Waals surface area contributed by atoms with Gasteiger partial charge in [0.2, 0.25) is 0 Å². The van der Waals surface area contributed by atoms with Crippen LogP contribution in [0.15, 0.2) is 65.8 Å². The van der Waals surface area contributed by atoms with Crippen molar-refractivity contribution in [2.24, 2.45) is 5.10 Å². The minimum absolute atomic E-state index is 0.204. The molecule has 0 bridgehead atoms. The van der Waals surface area contributed by atoms with E-state index in [-0.39, 0.29) is 12.2 Å². The smallest absolute Gasteiger partial charge is 0.335 e. The van der Waals surface area contributed by atoms with Crippen LogP contribution >= 0.6 is 23.2 Å². The lowest BCUT2D eigenvalue weighted by Crippen LogP contribution is -2.02. The van der Waals surface area contributed by atoms with Crippen molar-refractivity contribution in [3.8, 4) is 11.5 Å². The van der Waals surface area contributed by atoms with Crippen molar-refractivity contribution in [1.82, 2.24) is 0 Å². The second-order valence-corrected chi connectivity index (χ2v) is 6.98. The molecule has 0 atom stereocenters. The second-order valence-electron chi connectivity index (χ2n) is 6.17. The molecule has 2 N–H and O–H groups in total. The van der Waals surface area contributed by atoms with Gasteiger partial charge < -0.3 is 14.6 Å². The summed E-state index contributed by atoms with van der Waals surface area (Å²) in [4.78, 5) is 10.9. The van der Waals surface area contributed by atoms with Crippen molar-refractivity contribution in [1.29, 1.82) is 0 Å². The molecule has 0 saturated carbocycles. The predicted molar refractivity (Wildman–Crippen MR) is 118 cm³/mol. The Labute approximate surface area is 183 Å². The maximum absolute atomic E-state index is 10.9. The highest BCUT2D eigenvalue weighted by Crippen LogP contribution is 2.31. The number of nitrogens with one attached hydrogen (secondary N) is 1. The van der Waals surface area contributed by atoms with E-state index < -0.39 is 5.97 Å². The third kappa shape index (κ3) is 5.43. The fourth-order valence-electron chi connectivity index (χ4n) is 2.60. The number of carboxylic acids is 1. The summed E-state index contributed by atoms with van der Waals surface area (Å²) >= 11 is 12.0. The molecule has 30 heavy (non-hydrogen) atoms. The fourth-order valence-corrected chi connectivity index (χ4v) is 2.92. The average Bonchev–Trinajstić information content (AvgIpc) is 2.75. The molecule has 0 spiro atoms. The van der Waals surface area contributed by atoms with E-state index in [0.717, 1.165) is 5.56 Å². The van der Waals surface area contributed by atoms with Crippen molar-refractivity contribution < 1.29 is 19.4 Å². The summed E-state index contributed by atoms with van der Waals surface area (Å²) in [6.45, 7) is 0.266. The number of para-hydroxylation sites is 1. The predicted octanol–water partition coefficient (Wildman–Crippen LogP) is 5.73. The Morgan fingerprint density at radius 1 is 1.10 bits per heavy atom. The molecule has 6 nitrogen and oxygen atoms in total. The average molecular weight is 445 g/mol. The van der Waals surface area contributed by atoms with E-state index in [1.165, 1.54) is 12.1 Å². The topological polar surface area (TPSA) is 80.2 Å². The lowest BCUT2D eigenvalue weighted by molar-refractivity contribution is 0.0697. The number of aromatic carboxylic acids is 1. The summed E-state index contributed by atoms with van der Waals surface area (Å²) in [6.07, 6.45) is 1.60. The number of nitrogens with zero attached hydrogens (tertiary/aromatic N) is 1. The normalized spacial score (nSPS) is 10.8. The number of hydrazone groups is 1. The van der Waals surface area contributed by atoms with Crippen molar-refractivity contribution in [3.63, 3.8) is 0 Å². The van der Waals surface area contributed by atoms with Crippen LogP contribution in [0.5, 0.6) is 11.5 Å². The first-order chi connectivity index (χ1) is 14.5. The van der Waals surface area contributed by atoms with Crippen LogP contribution in [0.3, 0.4) is 0 Å². The third-order valence-electron chi connectivity index (χ3n) is 4.13. The molecule has 0 saturated heterocycles. The Bertz CT molecular complexity index is 1070. The second kappa shape index (κ2) is 10.0. The van der Waals surface area contributed by atoms with Crippen LogP contribution in [0, 0.1) is 0 Å². The van der Waals surface area contributed by atoms with Gasteiger partial charge in [0.25, 0.3) is 0 Å². The standard InChI is InChI=1S/C22H18Cl2N2O4/c1-29-20-4-2-3-16(12-25-26-17-8-6-15(7-9-17)22(27)28)21(20)30-13-14-5-10-18(23)19(24)11-14/h2-12,26H,13H2,1H3,(H,27,28)/b25-12+. The molecule has 3 aromatic carbocycles. The molecule has 0 amide bonds. The van der Waals surface area contributed by atoms with Crippen LogP contribution in [0.2, 0.25) is 10.0 Å². The molecule has 3 aromatic rings. The highest BCUT2D eigenvalue weighted by molar-refractivity contribution is 6.42. The maximum Gasteiger partial charge on any atom is 0.335 e. The summed E-state index contributed by atoms with van der Waals surface area (Å²) in [7, 11) is 1.56. The Morgan fingerprint density at radius 2 is 1.87 bits per heavy atom. The first-order valence-corrected chi connectivity index (χ1v) is 9.59. The van der Waals surface area contributed by atoms with Crippen LogP contribution in [-0.4, -0.2) is 24.4 Å². The van der Waals surface area contributed by atoms with Crippen LogP contribution in [0.4, 0.5) is 5.69 Å². The van der Waals surface area contributed by atoms with Crippen molar-refractivity contribution in [2.75, 3.05) is 12.5 Å². The van der Waals surface area contributed by atoms with Crippen LogP contribution < -0.4 is 14.9 Å². The molecular weight excluding hydrogens is 427 g/mol. The van der Waals surface area contributed by atoms with Crippen LogP contribution in [-0.2, 0) is 6.61 Å². The zero-order valence-electron chi connectivity index (χ0n) is 15.9. The quantitative estimate of drug-likeness (QED) is 0.342. The third-order valence-corrected chi connectivity index (χ3v) is 4.86. The van der Waals surface area contributed by atoms with Gasteiger partial charge in [0, 0.05) is 5.56 Å². The van der Waals surface area contributed by atoms with Gasteiger partial charge in [0.05, 0.1) is 34.6 Å². The summed E-state index contributed by atoms with van der Waals surface area (Å²) in [5, 5.41) is 14.1. The van der Waals surface area contributed by atoms with E-state index in [0.29, 0.717) is 32.8 Å². The molecule has 3 rings (SSSR count). The highest BCUT2D eigenvalue weighted by Gasteiger charge is 2.10.